The number of hydrogen-bond donors (Lipinski definition) is 1. The van der Waals surface area contributed by atoms with Crippen molar-refractivity contribution in [2.24, 2.45) is 0 Å². The summed E-state index contributed by atoms with van der Waals surface area (Å²) in [5, 5.41) is 7.35. The Morgan fingerprint density at radius 1 is 1.44 bits per heavy atom. The molecular weight excluding hydrogens is 228 g/mol. The molecule has 0 aromatic carbocycles. The van der Waals surface area contributed by atoms with E-state index in [9.17, 15) is 0 Å². The number of nitrogens with zero attached hydrogens (tertiary/aromatic N) is 5. The zero-order valence-electron chi connectivity index (χ0n) is 8.70. The van der Waals surface area contributed by atoms with E-state index in [0.717, 1.165) is 31.2 Å². The molecule has 1 aliphatic rings. The molecule has 0 aliphatic carbocycles. The summed E-state index contributed by atoms with van der Waals surface area (Å²) in [5.74, 6) is 1.11. The first-order valence-corrected chi connectivity index (χ1v) is 5.00. The molecule has 0 saturated heterocycles. The lowest BCUT2D eigenvalue weighted by atomic mass is 10.4. The van der Waals surface area contributed by atoms with Gasteiger partial charge in [0.15, 0.2) is 0 Å². The summed E-state index contributed by atoms with van der Waals surface area (Å²) < 4.78 is 3.98. The minimum atomic E-state index is 0. The number of nitrogens with one attached hydrogen (secondary N) is 1. The van der Waals surface area contributed by atoms with E-state index in [2.05, 4.69) is 31.1 Å². The molecule has 0 unspecified atom stereocenters. The predicted octanol–water partition coefficient (Wildman–Crippen LogP) is 0.0479. The van der Waals surface area contributed by atoms with Gasteiger partial charge in [-0.3, -0.25) is 0 Å². The van der Waals surface area contributed by atoms with E-state index in [0.29, 0.717) is 6.54 Å². The summed E-state index contributed by atoms with van der Waals surface area (Å²) in [7, 11) is 0. The summed E-state index contributed by atoms with van der Waals surface area (Å²) >= 11 is 0. The molecule has 0 saturated carbocycles. The average Bonchev–Trinajstić information content (AvgIpc) is 2.86. The normalized spacial score (nSPS) is 14.2. The van der Waals surface area contributed by atoms with Crippen LogP contribution < -0.4 is 5.32 Å². The molecule has 7 heteroatoms. The van der Waals surface area contributed by atoms with E-state index in [1.807, 2.05) is 0 Å². The van der Waals surface area contributed by atoms with Crippen LogP contribution in [0.2, 0.25) is 0 Å². The molecule has 6 nitrogen and oxygen atoms in total. The van der Waals surface area contributed by atoms with Crippen LogP contribution in [0.15, 0.2) is 18.9 Å². The molecule has 1 aliphatic heterocycles. The van der Waals surface area contributed by atoms with Crippen molar-refractivity contribution >= 4 is 12.4 Å². The van der Waals surface area contributed by atoms with Crippen LogP contribution in [0.4, 0.5) is 0 Å². The van der Waals surface area contributed by atoms with E-state index < -0.39 is 0 Å². The molecular formula is C9H13ClN6. The lowest BCUT2D eigenvalue weighted by Gasteiger charge is -2.13. The average molecular weight is 241 g/mol. The van der Waals surface area contributed by atoms with Crippen molar-refractivity contribution in [3.63, 3.8) is 0 Å². The van der Waals surface area contributed by atoms with Crippen molar-refractivity contribution in [1.29, 1.82) is 0 Å². The zero-order valence-corrected chi connectivity index (χ0v) is 9.52. The van der Waals surface area contributed by atoms with E-state index in [4.69, 9.17) is 0 Å². The number of fused-ring (bicyclic) bond motifs is 1. The number of hydrogen-bond acceptors (Lipinski definition) is 4. The third kappa shape index (κ3) is 2.07. The van der Waals surface area contributed by atoms with E-state index in [-0.39, 0.29) is 12.4 Å². The summed E-state index contributed by atoms with van der Waals surface area (Å²) in [6, 6.07) is 0. The smallest absolute Gasteiger partial charge is 0.137 e. The number of rotatable bonds is 2. The first-order chi connectivity index (χ1) is 7.42. The van der Waals surface area contributed by atoms with Crippen molar-refractivity contribution in [3.05, 3.63) is 30.4 Å². The molecule has 2 aromatic heterocycles. The summed E-state index contributed by atoms with van der Waals surface area (Å²) in [4.78, 5) is 8.44. The summed E-state index contributed by atoms with van der Waals surface area (Å²) in [6.45, 7) is 3.57. The molecule has 3 heterocycles. The van der Waals surface area contributed by atoms with Crippen LogP contribution >= 0.6 is 12.4 Å². The third-order valence-electron chi connectivity index (χ3n) is 2.51. The Kier molecular flexibility index (Phi) is 3.21. The molecule has 0 bridgehead atoms. The highest BCUT2D eigenvalue weighted by atomic mass is 35.5. The Balaban J connectivity index is 0.000000963. The standard InChI is InChI=1S/C9H12N6.ClH/c1-2-14-4-8(13-9(14)3-10-1)5-15-7-11-6-12-15;/h4,6-7,10H,1-3,5H2;1H. The van der Waals surface area contributed by atoms with Crippen molar-refractivity contribution in [2.45, 2.75) is 19.6 Å². The lowest BCUT2D eigenvalue weighted by Crippen LogP contribution is -2.27. The first-order valence-electron chi connectivity index (χ1n) is 5.00. The van der Waals surface area contributed by atoms with Crippen LogP contribution in [0, 0.1) is 0 Å². The molecule has 0 radical (unpaired) electrons. The minimum Gasteiger partial charge on any atom is -0.332 e. The summed E-state index contributed by atoms with van der Waals surface area (Å²) in [5.41, 5.74) is 1.04. The van der Waals surface area contributed by atoms with Crippen molar-refractivity contribution in [2.75, 3.05) is 6.54 Å². The van der Waals surface area contributed by atoms with Gasteiger partial charge in [-0.15, -0.1) is 12.4 Å². The van der Waals surface area contributed by atoms with Gasteiger partial charge < -0.3 is 9.88 Å². The van der Waals surface area contributed by atoms with Gasteiger partial charge in [-0.05, 0) is 0 Å². The molecule has 0 amide bonds. The minimum absolute atomic E-state index is 0. The highest BCUT2D eigenvalue weighted by Crippen LogP contribution is 2.07. The Hall–Kier alpha value is -1.40. The first kappa shape index (κ1) is 11.1. The Morgan fingerprint density at radius 2 is 2.38 bits per heavy atom. The maximum atomic E-state index is 4.54. The number of imidazole rings is 1. The summed E-state index contributed by atoms with van der Waals surface area (Å²) in [6.07, 6.45) is 5.34. The number of aromatic nitrogens is 5. The lowest BCUT2D eigenvalue weighted by molar-refractivity contribution is 0.505. The van der Waals surface area contributed by atoms with Crippen molar-refractivity contribution in [1.82, 2.24) is 29.6 Å². The molecule has 0 spiro atoms. The maximum absolute atomic E-state index is 4.54. The fraction of sp³-hybridized carbons (Fsp3) is 0.444. The Morgan fingerprint density at radius 3 is 3.12 bits per heavy atom. The largest absolute Gasteiger partial charge is 0.332 e. The van der Waals surface area contributed by atoms with Gasteiger partial charge in [-0.25, -0.2) is 14.6 Å². The molecule has 86 valence electrons. The van der Waals surface area contributed by atoms with Crippen LogP contribution in [-0.2, 0) is 19.6 Å². The van der Waals surface area contributed by atoms with Crippen molar-refractivity contribution in [3.8, 4) is 0 Å². The van der Waals surface area contributed by atoms with Gasteiger partial charge in [-0.1, -0.05) is 0 Å². The van der Waals surface area contributed by atoms with Crippen LogP contribution in [-0.4, -0.2) is 30.9 Å². The second-order valence-electron chi connectivity index (χ2n) is 3.61. The second-order valence-corrected chi connectivity index (χ2v) is 3.61. The second kappa shape index (κ2) is 4.63. The topological polar surface area (TPSA) is 60.6 Å². The molecule has 0 atom stereocenters. The SMILES string of the molecule is Cl.c1ncn(Cc2cn3c(n2)CNCC3)n1. The molecule has 16 heavy (non-hydrogen) atoms. The van der Waals surface area contributed by atoms with E-state index in [1.165, 1.54) is 6.33 Å². The highest BCUT2D eigenvalue weighted by molar-refractivity contribution is 5.85. The van der Waals surface area contributed by atoms with Gasteiger partial charge in [0.05, 0.1) is 18.8 Å². The molecule has 1 N–H and O–H groups in total. The van der Waals surface area contributed by atoms with E-state index in [1.54, 1.807) is 11.0 Å². The number of halogens is 1. The van der Waals surface area contributed by atoms with Gasteiger partial charge >= 0.3 is 0 Å². The van der Waals surface area contributed by atoms with Gasteiger partial charge in [0.2, 0.25) is 0 Å². The van der Waals surface area contributed by atoms with Crippen LogP contribution in [0.25, 0.3) is 0 Å². The van der Waals surface area contributed by atoms with Gasteiger partial charge in [0, 0.05) is 19.3 Å². The van der Waals surface area contributed by atoms with Gasteiger partial charge in [0.1, 0.15) is 18.5 Å². The molecule has 0 fully saturated rings. The Labute approximate surface area is 99.1 Å². The van der Waals surface area contributed by atoms with Crippen molar-refractivity contribution < 1.29 is 0 Å². The monoisotopic (exact) mass is 240 g/mol. The van der Waals surface area contributed by atoms with Gasteiger partial charge in [0.25, 0.3) is 0 Å². The van der Waals surface area contributed by atoms with Crippen LogP contribution in [0.5, 0.6) is 0 Å². The quantitative estimate of drug-likeness (QED) is 0.806. The third-order valence-corrected chi connectivity index (χ3v) is 2.51. The fourth-order valence-corrected chi connectivity index (χ4v) is 1.80. The molecule has 2 aromatic rings. The van der Waals surface area contributed by atoms with E-state index >= 15 is 0 Å². The van der Waals surface area contributed by atoms with Crippen LogP contribution in [0.3, 0.4) is 0 Å². The van der Waals surface area contributed by atoms with Crippen LogP contribution in [0.1, 0.15) is 11.5 Å². The Bertz CT molecular complexity index is 425. The van der Waals surface area contributed by atoms with Gasteiger partial charge in [-0.2, -0.15) is 5.10 Å². The zero-order chi connectivity index (χ0) is 10.1. The maximum Gasteiger partial charge on any atom is 0.137 e. The molecule has 3 rings (SSSR count). The fourth-order valence-electron chi connectivity index (χ4n) is 1.80. The highest BCUT2D eigenvalue weighted by Gasteiger charge is 2.11. The predicted molar refractivity (Wildman–Crippen MR) is 60.3 cm³/mol.